The Morgan fingerprint density at radius 2 is 1.71 bits per heavy atom. The van der Waals surface area contributed by atoms with E-state index in [1.54, 1.807) is 0 Å². The molecule has 0 aliphatic heterocycles. The molecule has 4 heteroatoms. The molecule has 0 aliphatic rings. The van der Waals surface area contributed by atoms with Gasteiger partial charge in [-0.2, -0.15) is 0 Å². The lowest BCUT2D eigenvalue weighted by Crippen LogP contribution is -2.17. The predicted octanol–water partition coefficient (Wildman–Crippen LogP) is 1.97. The smallest absolute Gasteiger partial charge is 0.0205 e. The summed E-state index contributed by atoms with van der Waals surface area (Å²) < 4.78 is 0. The summed E-state index contributed by atoms with van der Waals surface area (Å²) in [7, 11) is 0. The molecule has 0 unspecified atom stereocenters. The van der Waals surface area contributed by atoms with E-state index in [9.17, 15) is 0 Å². The van der Waals surface area contributed by atoms with Crippen molar-refractivity contribution in [2.24, 2.45) is 5.73 Å². The number of hydrogen-bond donors (Lipinski definition) is 2. The number of nitrogens with two attached hydrogens (primary N) is 1. The summed E-state index contributed by atoms with van der Waals surface area (Å²) in [5, 5.41) is 3.32. The average molecular weight is 237 g/mol. The minimum absolute atomic E-state index is 0. The summed E-state index contributed by atoms with van der Waals surface area (Å²) in [5.74, 6) is 0. The minimum Gasteiger partial charge on any atom is -0.330 e. The molecule has 0 atom stereocenters. The van der Waals surface area contributed by atoms with Crippen LogP contribution in [0.15, 0.2) is 30.3 Å². The van der Waals surface area contributed by atoms with Crippen molar-refractivity contribution in [1.29, 1.82) is 0 Å². The maximum absolute atomic E-state index is 5.37. The van der Waals surface area contributed by atoms with E-state index in [2.05, 4.69) is 29.6 Å². The van der Waals surface area contributed by atoms with E-state index >= 15 is 0 Å². The largest absolute Gasteiger partial charge is 0.330 e. The van der Waals surface area contributed by atoms with Crippen LogP contribution in [0, 0.1) is 0 Å². The first-order valence-electron chi connectivity index (χ1n) is 4.38. The van der Waals surface area contributed by atoms with Crippen LogP contribution in [-0.2, 0) is 6.54 Å². The Balaban J connectivity index is 0. The number of benzene rings is 1. The van der Waals surface area contributed by atoms with Gasteiger partial charge in [-0.1, -0.05) is 30.3 Å². The van der Waals surface area contributed by atoms with Gasteiger partial charge in [0.2, 0.25) is 0 Å². The van der Waals surface area contributed by atoms with Gasteiger partial charge in [0, 0.05) is 6.54 Å². The highest BCUT2D eigenvalue weighted by Crippen LogP contribution is 1.96. The molecule has 0 bridgehead atoms. The van der Waals surface area contributed by atoms with Gasteiger partial charge in [0.25, 0.3) is 0 Å². The molecule has 2 nitrogen and oxygen atoms in total. The second-order valence-electron chi connectivity index (χ2n) is 2.80. The molecular formula is C10H18Cl2N2. The fourth-order valence-corrected chi connectivity index (χ4v) is 1.06. The molecule has 82 valence electrons. The first kappa shape index (κ1) is 16.2. The zero-order valence-electron chi connectivity index (χ0n) is 8.11. The molecule has 0 heterocycles. The molecular weight excluding hydrogens is 219 g/mol. The standard InChI is InChI=1S/C10H16N2.2ClH/c11-7-4-8-12-9-10-5-2-1-3-6-10;;/h1-3,5-6,12H,4,7-9,11H2;2*1H. The van der Waals surface area contributed by atoms with Crippen LogP contribution in [0.5, 0.6) is 0 Å². The summed E-state index contributed by atoms with van der Waals surface area (Å²) in [6, 6.07) is 10.4. The molecule has 0 fully saturated rings. The monoisotopic (exact) mass is 236 g/mol. The van der Waals surface area contributed by atoms with Gasteiger partial charge < -0.3 is 11.1 Å². The first-order chi connectivity index (χ1) is 5.93. The molecule has 1 aromatic rings. The summed E-state index contributed by atoms with van der Waals surface area (Å²) in [5.41, 5.74) is 6.70. The van der Waals surface area contributed by atoms with Gasteiger partial charge in [0.15, 0.2) is 0 Å². The van der Waals surface area contributed by atoms with Crippen molar-refractivity contribution < 1.29 is 0 Å². The number of hydrogen-bond acceptors (Lipinski definition) is 2. The third-order valence-corrected chi connectivity index (χ3v) is 1.73. The van der Waals surface area contributed by atoms with Gasteiger partial charge in [-0.3, -0.25) is 0 Å². The second kappa shape index (κ2) is 10.8. The SMILES string of the molecule is Cl.Cl.NCCCNCc1ccccc1. The van der Waals surface area contributed by atoms with Crippen LogP contribution in [-0.4, -0.2) is 13.1 Å². The molecule has 0 spiro atoms. The van der Waals surface area contributed by atoms with Crippen molar-refractivity contribution in [3.05, 3.63) is 35.9 Å². The van der Waals surface area contributed by atoms with E-state index in [1.165, 1.54) is 5.56 Å². The van der Waals surface area contributed by atoms with E-state index in [-0.39, 0.29) is 24.8 Å². The van der Waals surface area contributed by atoms with E-state index < -0.39 is 0 Å². The van der Waals surface area contributed by atoms with Crippen LogP contribution >= 0.6 is 24.8 Å². The fraction of sp³-hybridized carbons (Fsp3) is 0.400. The summed E-state index contributed by atoms with van der Waals surface area (Å²) >= 11 is 0. The number of rotatable bonds is 5. The minimum atomic E-state index is 0. The van der Waals surface area contributed by atoms with Crippen LogP contribution < -0.4 is 11.1 Å². The van der Waals surface area contributed by atoms with Gasteiger partial charge in [0.1, 0.15) is 0 Å². The molecule has 0 saturated carbocycles. The quantitative estimate of drug-likeness (QED) is 0.768. The van der Waals surface area contributed by atoms with Crippen LogP contribution in [0.3, 0.4) is 0 Å². The fourth-order valence-electron chi connectivity index (χ4n) is 1.06. The van der Waals surface area contributed by atoms with Crippen LogP contribution in [0.4, 0.5) is 0 Å². The lowest BCUT2D eigenvalue weighted by atomic mass is 10.2. The second-order valence-corrected chi connectivity index (χ2v) is 2.80. The Kier molecular flexibility index (Phi) is 12.5. The third-order valence-electron chi connectivity index (χ3n) is 1.73. The summed E-state index contributed by atoms with van der Waals surface area (Å²) in [6.07, 6.45) is 1.05. The third kappa shape index (κ3) is 7.15. The van der Waals surface area contributed by atoms with Gasteiger partial charge >= 0.3 is 0 Å². The highest BCUT2D eigenvalue weighted by molar-refractivity contribution is 5.85. The highest BCUT2D eigenvalue weighted by Gasteiger charge is 1.88. The number of nitrogens with one attached hydrogen (secondary N) is 1. The molecule has 14 heavy (non-hydrogen) atoms. The van der Waals surface area contributed by atoms with E-state index in [0.29, 0.717) is 0 Å². The molecule has 3 N–H and O–H groups in total. The Labute approximate surface area is 98.1 Å². The first-order valence-corrected chi connectivity index (χ1v) is 4.38. The van der Waals surface area contributed by atoms with Crippen molar-refractivity contribution in [1.82, 2.24) is 5.32 Å². The molecule has 0 radical (unpaired) electrons. The highest BCUT2D eigenvalue weighted by atomic mass is 35.5. The average Bonchev–Trinajstić information content (AvgIpc) is 2.14. The van der Waals surface area contributed by atoms with Gasteiger partial charge in [-0.15, -0.1) is 24.8 Å². The lowest BCUT2D eigenvalue weighted by molar-refractivity contribution is 0.655. The maximum Gasteiger partial charge on any atom is 0.0205 e. The molecule has 0 aliphatic carbocycles. The summed E-state index contributed by atoms with van der Waals surface area (Å²) in [6.45, 7) is 2.72. The Morgan fingerprint density at radius 3 is 2.29 bits per heavy atom. The van der Waals surface area contributed by atoms with Gasteiger partial charge in [0.05, 0.1) is 0 Å². The summed E-state index contributed by atoms with van der Waals surface area (Å²) in [4.78, 5) is 0. The van der Waals surface area contributed by atoms with E-state index in [1.807, 2.05) is 6.07 Å². The molecule has 0 amide bonds. The zero-order valence-corrected chi connectivity index (χ0v) is 9.74. The Hall–Kier alpha value is -0.280. The predicted molar refractivity (Wildman–Crippen MR) is 66.3 cm³/mol. The van der Waals surface area contributed by atoms with Gasteiger partial charge in [-0.05, 0) is 25.1 Å². The normalized spacial score (nSPS) is 8.64. The van der Waals surface area contributed by atoms with Gasteiger partial charge in [-0.25, -0.2) is 0 Å². The van der Waals surface area contributed by atoms with E-state index in [0.717, 1.165) is 26.1 Å². The molecule has 0 saturated heterocycles. The maximum atomic E-state index is 5.37. The van der Waals surface area contributed by atoms with Crippen LogP contribution in [0.2, 0.25) is 0 Å². The molecule has 1 aromatic carbocycles. The van der Waals surface area contributed by atoms with Crippen molar-refractivity contribution in [2.75, 3.05) is 13.1 Å². The van der Waals surface area contributed by atoms with Crippen molar-refractivity contribution in [3.8, 4) is 0 Å². The van der Waals surface area contributed by atoms with Crippen LogP contribution in [0.1, 0.15) is 12.0 Å². The number of halogens is 2. The Bertz CT molecular complexity index is 205. The van der Waals surface area contributed by atoms with Crippen molar-refractivity contribution in [2.45, 2.75) is 13.0 Å². The zero-order chi connectivity index (χ0) is 8.65. The van der Waals surface area contributed by atoms with Crippen LogP contribution in [0.25, 0.3) is 0 Å². The Morgan fingerprint density at radius 1 is 1.07 bits per heavy atom. The topological polar surface area (TPSA) is 38.0 Å². The molecule has 1 rings (SSSR count). The van der Waals surface area contributed by atoms with Crippen molar-refractivity contribution in [3.63, 3.8) is 0 Å². The van der Waals surface area contributed by atoms with E-state index in [4.69, 9.17) is 5.73 Å². The lowest BCUT2D eigenvalue weighted by Gasteiger charge is -2.02. The van der Waals surface area contributed by atoms with Crippen molar-refractivity contribution >= 4 is 24.8 Å². The molecule has 0 aromatic heterocycles.